The molecule has 4 aromatic carbocycles. The molecule has 0 bridgehead atoms. The number of fused-ring (bicyclic) bond motifs is 5. The van der Waals surface area contributed by atoms with Crippen molar-refractivity contribution in [2.45, 2.75) is 32.6 Å². The first-order valence-corrected chi connectivity index (χ1v) is 22.5. The molecule has 2 saturated heterocycles. The van der Waals surface area contributed by atoms with Gasteiger partial charge in [0, 0.05) is 44.9 Å². The fraction of sp³-hybridized carbons (Fsp3) is 0.260. The molecule has 10 rings (SSSR count). The molecule has 64 heavy (non-hydrogen) atoms. The maximum Gasteiger partial charge on any atom is 0.242 e. The number of allylic oxidation sites excluding steroid dienone is 2. The summed E-state index contributed by atoms with van der Waals surface area (Å²) in [6.45, 7) is 3.77. The van der Waals surface area contributed by atoms with E-state index in [0.717, 1.165) is 37.2 Å². The van der Waals surface area contributed by atoms with Gasteiger partial charge in [-0.25, -0.2) is 4.90 Å². The number of aromatic nitrogens is 2. The second kappa shape index (κ2) is 15.5. The first-order valence-electron chi connectivity index (χ1n) is 20.9. The van der Waals surface area contributed by atoms with E-state index in [1.165, 1.54) is 15.9 Å². The van der Waals surface area contributed by atoms with Gasteiger partial charge < -0.3 is 14.6 Å². The molecule has 6 atom stereocenters. The fourth-order valence-corrected chi connectivity index (χ4v) is 12.2. The summed E-state index contributed by atoms with van der Waals surface area (Å²) in [7, 11) is 4.91. The Morgan fingerprint density at radius 2 is 1.59 bits per heavy atom. The van der Waals surface area contributed by atoms with E-state index in [-0.39, 0.29) is 30.4 Å². The van der Waals surface area contributed by atoms with E-state index >= 15 is 9.59 Å². The molecule has 2 aliphatic carbocycles. The number of methoxy groups -OCH3 is 2. The van der Waals surface area contributed by atoms with Gasteiger partial charge in [0.25, 0.3) is 0 Å². The molecule has 1 saturated carbocycles. The number of benzene rings is 4. The molecule has 1 N–H and O–H groups in total. The topological polar surface area (TPSA) is 131 Å². The zero-order valence-electron chi connectivity index (χ0n) is 35.5. The first kappa shape index (κ1) is 41.8. The van der Waals surface area contributed by atoms with Crippen LogP contribution in [0.4, 0.5) is 11.5 Å². The van der Waals surface area contributed by atoms with Crippen LogP contribution >= 0.6 is 34.5 Å². The van der Waals surface area contributed by atoms with Gasteiger partial charge in [-0.15, -0.1) is 11.3 Å². The lowest BCUT2D eigenvalue weighted by molar-refractivity contribution is -0.131. The van der Waals surface area contributed by atoms with E-state index in [1.807, 2.05) is 73.7 Å². The highest BCUT2D eigenvalue weighted by Crippen LogP contribution is 2.64. The molecule has 6 aromatic rings. The van der Waals surface area contributed by atoms with Gasteiger partial charge in [-0.1, -0.05) is 59.1 Å². The summed E-state index contributed by atoms with van der Waals surface area (Å²) in [5, 5.41) is 18.3. The Labute approximate surface area is 383 Å². The molecule has 2 aliphatic heterocycles. The van der Waals surface area contributed by atoms with Crippen molar-refractivity contribution in [3.05, 3.63) is 129 Å². The standard InChI is InChI=1S/C50H42Cl2N4O7S/c1-25-34-21-29(52)11-19-41(34)64-45(25)38-24-42(54(3)53-38)56-47(59)37-23-35-32(44(50(37,2)49(56)61)36-22-28(51)10-17-39(36)57)15-16-33-43(35)48(60)55(46(33)58)30-12-7-26(8-13-30)6-9-27-20-31(62-4)14-18-40(27)63-5/h6-15,17-22,24,33,35,37,43-44,57H,16,23H2,1-5H3. The number of carbonyl (C=O) groups excluding carboxylic acids is 4. The summed E-state index contributed by atoms with van der Waals surface area (Å²) >= 11 is 14.5. The van der Waals surface area contributed by atoms with Crippen molar-refractivity contribution in [1.82, 2.24) is 9.78 Å². The summed E-state index contributed by atoms with van der Waals surface area (Å²) in [5.41, 5.74) is 3.41. The Kier molecular flexibility index (Phi) is 10.1. The molecule has 2 aromatic heterocycles. The third-order valence-electron chi connectivity index (χ3n) is 13.8. The average molecular weight is 914 g/mol. The molecule has 4 amide bonds. The maximum atomic E-state index is 15.2. The summed E-state index contributed by atoms with van der Waals surface area (Å²) in [4.78, 5) is 62.8. The van der Waals surface area contributed by atoms with Gasteiger partial charge in [-0.05, 0) is 116 Å². The molecular weight excluding hydrogens is 872 g/mol. The fourth-order valence-electron chi connectivity index (χ4n) is 10.7. The molecule has 3 fully saturated rings. The van der Waals surface area contributed by atoms with Crippen LogP contribution in [0, 0.1) is 36.0 Å². The van der Waals surface area contributed by atoms with Crippen LogP contribution in [0.2, 0.25) is 10.0 Å². The van der Waals surface area contributed by atoms with Gasteiger partial charge in [0.1, 0.15) is 28.8 Å². The van der Waals surface area contributed by atoms with E-state index in [4.69, 9.17) is 37.8 Å². The summed E-state index contributed by atoms with van der Waals surface area (Å²) in [6.07, 6.45) is 6.16. The number of hydrogen-bond acceptors (Lipinski definition) is 9. The van der Waals surface area contributed by atoms with Gasteiger partial charge in [-0.3, -0.25) is 28.8 Å². The van der Waals surface area contributed by atoms with Gasteiger partial charge in [-0.2, -0.15) is 5.10 Å². The van der Waals surface area contributed by atoms with Gasteiger partial charge in [0.05, 0.1) is 48.0 Å². The molecule has 0 radical (unpaired) electrons. The summed E-state index contributed by atoms with van der Waals surface area (Å²) in [5.74, 6) is -3.80. The lowest BCUT2D eigenvalue weighted by Crippen LogP contribution is -2.49. The average Bonchev–Trinajstić information content (AvgIpc) is 3.96. The van der Waals surface area contributed by atoms with Gasteiger partial charge in [0.15, 0.2) is 0 Å². The van der Waals surface area contributed by atoms with Crippen molar-refractivity contribution in [2.24, 2.45) is 36.1 Å². The molecule has 0 spiro atoms. The number of carbonyl (C=O) groups is 4. The minimum atomic E-state index is -1.40. The number of hydrogen-bond donors (Lipinski definition) is 1. The van der Waals surface area contributed by atoms with Crippen molar-refractivity contribution >= 4 is 91.9 Å². The van der Waals surface area contributed by atoms with Crippen molar-refractivity contribution in [1.29, 1.82) is 0 Å². The number of amides is 4. The monoisotopic (exact) mass is 912 g/mol. The van der Waals surface area contributed by atoms with Crippen LogP contribution in [-0.4, -0.2) is 52.7 Å². The maximum absolute atomic E-state index is 15.2. The Morgan fingerprint density at radius 1 is 0.844 bits per heavy atom. The van der Waals surface area contributed by atoms with Crippen molar-refractivity contribution in [2.75, 3.05) is 24.0 Å². The predicted molar refractivity (Wildman–Crippen MR) is 249 cm³/mol. The number of aryl methyl sites for hydroxylation is 2. The number of thiophene rings is 1. The van der Waals surface area contributed by atoms with E-state index in [9.17, 15) is 14.7 Å². The largest absolute Gasteiger partial charge is 0.508 e. The first-order chi connectivity index (χ1) is 30.7. The smallest absolute Gasteiger partial charge is 0.242 e. The molecule has 14 heteroatoms. The number of imide groups is 2. The minimum absolute atomic E-state index is 0.0886. The lowest BCUT2D eigenvalue weighted by atomic mass is 9.51. The highest BCUT2D eigenvalue weighted by molar-refractivity contribution is 7.22. The Hall–Kier alpha value is -6.21. The Bertz CT molecular complexity index is 3050. The normalized spacial score (nSPS) is 24.1. The van der Waals surface area contributed by atoms with E-state index in [1.54, 1.807) is 74.5 Å². The van der Waals surface area contributed by atoms with Crippen LogP contribution in [0.25, 0.3) is 32.8 Å². The molecular formula is C50H42Cl2N4O7S. The van der Waals surface area contributed by atoms with Crippen LogP contribution in [0.3, 0.4) is 0 Å². The SMILES string of the molecule is COc1ccc(OC)c(C=Cc2ccc(N3C(=O)C4CC=C5C(CC6C(=O)N(c7cc(-c8sc9ccc(Cl)cc9c8C)nn7C)C(=O)C6(C)C5c5cc(Cl)ccc5O)C4C3=O)cc2)c1. The minimum Gasteiger partial charge on any atom is -0.508 e. The number of ether oxygens (including phenoxy) is 2. The third kappa shape index (κ3) is 6.32. The van der Waals surface area contributed by atoms with Crippen LogP contribution in [0.15, 0.2) is 96.6 Å². The molecule has 4 heterocycles. The van der Waals surface area contributed by atoms with E-state index in [2.05, 4.69) is 0 Å². The second-order valence-electron chi connectivity index (χ2n) is 17.1. The zero-order valence-corrected chi connectivity index (χ0v) is 37.8. The number of phenolic OH excluding ortho intramolecular Hbond substituents is 1. The summed E-state index contributed by atoms with van der Waals surface area (Å²) < 4.78 is 13.5. The number of nitrogens with zero attached hydrogens (tertiary/aromatic N) is 4. The number of anilines is 2. The number of rotatable bonds is 8. The van der Waals surface area contributed by atoms with Crippen molar-refractivity contribution in [3.8, 4) is 27.8 Å². The van der Waals surface area contributed by atoms with Crippen LogP contribution in [-0.2, 0) is 26.2 Å². The Balaban J connectivity index is 0.999. The van der Waals surface area contributed by atoms with Crippen LogP contribution in [0.1, 0.15) is 47.9 Å². The lowest BCUT2D eigenvalue weighted by Gasteiger charge is -2.49. The van der Waals surface area contributed by atoms with E-state index in [0.29, 0.717) is 44.3 Å². The van der Waals surface area contributed by atoms with Crippen LogP contribution < -0.4 is 19.3 Å². The van der Waals surface area contributed by atoms with E-state index < -0.39 is 46.8 Å². The number of aromatic hydroxyl groups is 1. The van der Waals surface area contributed by atoms with Crippen molar-refractivity contribution < 1.29 is 33.8 Å². The molecule has 11 nitrogen and oxygen atoms in total. The highest BCUT2D eigenvalue weighted by atomic mass is 35.5. The molecule has 324 valence electrons. The number of halogens is 2. The highest BCUT2D eigenvalue weighted by Gasteiger charge is 2.68. The number of phenols is 1. The van der Waals surface area contributed by atoms with Gasteiger partial charge in [0.2, 0.25) is 23.6 Å². The molecule has 4 aliphatic rings. The van der Waals surface area contributed by atoms with Crippen molar-refractivity contribution in [3.63, 3.8) is 0 Å². The third-order valence-corrected chi connectivity index (χ3v) is 15.6. The predicted octanol–water partition coefficient (Wildman–Crippen LogP) is 10.2. The molecule has 6 unspecified atom stereocenters. The Morgan fingerprint density at radius 3 is 2.34 bits per heavy atom. The van der Waals surface area contributed by atoms with Crippen LogP contribution in [0.5, 0.6) is 17.2 Å². The van der Waals surface area contributed by atoms with Gasteiger partial charge >= 0.3 is 0 Å². The zero-order chi connectivity index (χ0) is 44.9. The summed E-state index contributed by atoms with van der Waals surface area (Å²) in [6, 6.07) is 24.9. The quantitative estimate of drug-likeness (QED) is 0.0907. The second-order valence-corrected chi connectivity index (χ2v) is 19.0.